The van der Waals surface area contributed by atoms with Crippen LogP contribution in [0.4, 0.5) is 5.69 Å². The number of allylic oxidation sites excluding steroid dienone is 1. The number of nitrogens with one attached hydrogen (secondary N) is 1. The smallest absolute Gasteiger partial charge is 0.264 e. The van der Waals surface area contributed by atoms with E-state index in [0.29, 0.717) is 31.9 Å². The highest BCUT2D eigenvalue weighted by Gasteiger charge is 2.55. The van der Waals surface area contributed by atoms with E-state index in [1.165, 1.54) is 11.1 Å². The molecule has 2 aliphatic heterocycles. The van der Waals surface area contributed by atoms with Gasteiger partial charge in [-0.15, -0.1) is 0 Å². The van der Waals surface area contributed by atoms with Gasteiger partial charge in [0.25, 0.3) is 5.91 Å². The van der Waals surface area contributed by atoms with Gasteiger partial charge in [0.1, 0.15) is 11.4 Å². The van der Waals surface area contributed by atoms with Crippen LogP contribution in [0, 0.1) is 17.8 Å². The molecule has 6 atom stereocenters. The summed E-state index contributed by atoms with van der Waals surface area (Å²) in [6, 6.07) is 11.4. The summed E-state index contributed by atoms with van der Waals surface area (Å²) in [5.74, 6) is -0.0665. The largest absolute Gasteiger partial charge is 0.490 e. The minimum Gasteiger partial charge on any atom is -0.490 e. The lowest BCUT2D eigenvalue weighted by molar-refractivity contribution is -0.181. The number of aryl methyl sites for hydroxylation is 1. The number of methoxy groups -OCH3 is 1. The van der Waals surface area contributed by atoms with Gasteiger partial charge in [0, 0.05) is 36.2 Å². The van der Waals surface area contributed by atoms with Crippen LogP contribution in [0.1, 0.15) is 81.3 Å². The van der Waals surface area contributed by atoms with Crippen LogP contribution in [0.15, 0.2) is 48.6 Å². The van der Waals surface area contributed by atoms with Crippen molar-refractivity contribution in [2.75, 3.05) is 31.7 Å². The van der Waals surface area contributed by atoms with Crippen molar-refractivity contribution in [2.24, 2.45) is 17.8 Å². The third kappa shape index (κ3) is 5.75. The highest BCUT2D eigenvalue weighted by atomic mass is 35.5. The topological polar surface area (TPSA) is 105 Å². The van der Waals surface area contributed by atoms with Crippen molar-refractivity contribution in [3.05, 3.63) is 70.3 Å². The van der Waals surface area contributed by atoms with Crippen LogP contribution in [-0.2, 0) is 26.6 Å². The molecule has 1 saturated carbocycles. The Bertz CT molecular complexity index is 1640. The third-order valence-corrected chi connectivity index (χ3v) is 13.6. The van der Waals surface area contributed by atoms with Crippen molar-refractivity contribution in [3.63, 3.8) is 0 Å². The number of halogens is 1. The first-order valence-electron chi connectivity index (χ1n) is 16.5. The van der Waals surface area contributed by atoms with E-state index in [4.69, 9.17) is 21.1 Å². The lowest BCUT2D eigenvalue weighted by Crippen LogP contribution is -2.61. The zero-order valence-corrected chi connectivity index (χ0v) is 29.1. The number of fused-ring (bicyclic) bond motifs is 4. The van der Waals surface area contributed by atoms with Crippen molar-refractivity contribution in [2.45, 2.75) is 88.1 Å². The Kier molecular flexibility index (Phi) is 8.79. The molecule has 1 amide bonds. The highest BCUT2D eigenvalue weighted by Crippen LogP contribution is 2.51. The SMILES string of the molecule is CO[C@@]1(C(C)(C)O)/C=C\C[C@H](C)[C@@H](C)S(=O)(=O)NC(=O)c2ccc3c(c2)N(C[C@@H]2CC[C@H]21)C[C@@]1(CCCc2cc(Cl)ccc21)CO3. The molecule has 46 heavy (non-hydrogen) atoms. The van der Waals surface area contributed by atoms with Gasteiger partial charge >= 0.3 is 0 Å². The third-order valence-electron chi connectivity index (χ3n) is 11.4. The standard InChI is InChI=1S/C36H47ClN2O6S/c1-23-8-6-17-36(44-5,34(3,4)41)30-13-10-27(30)20-39-21-35(16-7-9-25-18-28(37)12-14-29(25)35)22-45-32-15-11-26(19-31(32)39)33(40)38-46(42,43)24(23)2/h6,11-12,14-15,17-19,23-24,27,30,41H,7-10,13,16,20-22H2,1-5H3,(H,38,40)/b17-6-/t23-,24+,27-,30+,35-,36-/m0/s1. The second kappa shape index (κ2) is 12.1. The molecule has 0 aromatic heterocycles. The maximum Gasteiger partial charge on any atom is 0.264 e. The summed E-state index contributed by atoms with van der Waals surface area (Å²) in [5.41, 5.74) is 1.05. The van der Waals surface area contributed by atoms with Crippen LogP contribution in [0.2, 0.25) is 5.02 Å². The zero-order valence-electron chi connectivity index (χ0n) is 27.5. The molecule has 0 unspecified atom stereocenters. The van der Waals surface area contributed by atoms with Gasteiger partial charge in [0.05, 0.1) is 23.1 Å². The van der Waals surface area contributed by atoms with Crippen LogP contribution in [0.3, 0.4) is 0 Å². The van der Waals surface area contributed by atoms with Gasteiger partial charge in [0.2, 0.25) is 10.0 Å². The Balaban J connectivity index is 1.48. The lowest BCUT2D eigenvalue weighted by atomic mass is 9.59. The fourth-order valence-electron chi connectivity index (χ4n) is 8.38. The predicted octanol–water partition coefficient (Wildman–Crippen LogP) is 6.04. The van der Waals surface area contributed by atoms with Gasteiger partial charge in [-0.3, -0.25) is 4.79 Å². The van der Waals surface area contributed by atoms with E-state index in [-0.39, 0.29) is 28.7 Å². The molecular formula is C36H47ClN2O6S. The van der Waals surface area contributed by atoms with E-state index < -0.39 is 32.4 Å². The minimum atomic E-state index is -3.98. The second-order valence-corrected chi connectivity index (χ2v) is 17.1. The fraction of sp³-hybridized carbons (Fsp3) is 0.583. The molecule has 0 radical (unpaired) electrons. The molecule has 2 N–H and O–H groups in total. The molecule has 250 valence electrons. The summed E-state index contributed by atoms with van der Waals surface area (Å²) in [7, 11) is -2.32. The van der Waals surface area contributed by atoms with Crippen molar-refractivity contribution in [1.82, 2.24) is 4.72 Å². The number of benzene rings is 2. The summed E-state index contributed by atoms with van der Waals surface area (Å²) >= 11 is 6.43. The number of hydrogen-bond acceptors (Lipinski definition) is 7. The molecule has 10 heteroatoms. The Hall–Kier alpha value is -2.59. The molecular weight excluding hydrogens is 624 g/mol. The molecule has 1 fully saturated rings. The first-order valence-corrected chi connectivity index (χ1v) is 18.4. The normalized spacial score (nSPS) is 33.5. The van der Waals surface area contributed by atoms with Gasteiger partial charge in [0.15, 0.2) is 0 Å². The van der Waals surface area contributed by atoms with Crippen molar-refractivity contribution in [3.8, 4) is 5.75 Å². The Morgan fingerprint density at radius 2 is 1.93 bits per heavy atom. The number of ether oxygens (including phenoxy) is 2. The molecule has 1 spiro atoms. The van der Waals surface area contributed by atoms with Crippen LogP contribution < -0.4 is 14.4 Å². The van der Waals surface area contributed by atoms with Gasteiger partial charge in [-0.25, -0.2) is 13.1 Å². The number of carbonyl (C=O) groups is 1. The Morgan fingerprint density at radius 3 is 2.63 bits per heavy atom. The van der Waals surface area contributed by atoms with Crippen LogP contribution in [0.25, 0.3) is 0 Å². The van der Waals surface area contributed by atoms with Crippen LogP contribution >= 0.6 is 11.6 Å². The molecule has 8 nitrogen and oxygen atoms in total. The molecule has 0 saturated heterocycles. The average Bonchev–Trinajstić information content (AvgIpc) is 3.13. The van der Waals surface area contributed by atoms with E-state index in [9.17, 15) is 18.3 Å². The van der Waals surface area contributed by atoms with Gasteiger partial charge in [-0.1, -0.05) is 36.7 Å². The maximum atomic E-state index is 13.5. The van der Waals surface area contributed by atoms with Crippen molar-refractivity contribution >= 4 is 33.2 Å². The van der Waals surface area contributed by atoms with Crippen molar-refractivity contribution in [1.29, 1.82) is 0 Å². The summed E-state index contributed by atoms with van der Waals surface area (Å²) in [5, 5.41) is 11.5. The van der Waals surface area contributed by atoms with Crippen molar-refractivity contribution < 1.29 is 27.8 Å². The molecule has 6 rings (SSSR count). The summed E-state index contributed by atoms with van der Waals surface area (Å²) in [6.45, 7) is 8.87. The first-order chi connectivity index (χ1) is 21.7. The Morgan fingerprint density at radius 1 is 1.15 bits per heavy atom. The number of anilines is 1. The van der Waals surface area contributed by atoms with E-state index in [1.54, 1.807) is 46.1 Å². The average molecular weight is 671 g/mol. The number of sulfonamides is 1. The molecule has 2 aromatic carbocycles. The number of carbonyl (C=O) groups excluding carboxylic acids is 1. The maximum absolute atomic E-state index is 13.5. The van der Waals surface area contributed by atoms with E-state index >= 15 is 0 Å². The summed E-state index contributed by atoms with van der Waals surface area (Å²) < 4.78 is 42.0. The molecule has 2 aromatic rings. The van der Waals surface area contributed by atoms with Gasteiger partial charge in [-0.05, 0) is 119 Å². The quantitative estimate of drug-likeness (QED) is 0.376. The van der Waals surface area contributed by atoms with Gasteiger partial charge < -0.3 is 19.5 Å². The fourth-order valence-corrected chi connectivity index (χ4v) is 9.86. The number of rotatable bonds is 2. The second-order valence-electron chi connectivity index (χ2n) is 14.6. The summed E-state index contributed by atoms with van der Waals surface area (Å²) in [6.07, 6.45) is 9.12. The van der Waals surface area contributed by atoms with E-state index in [2.05, 4.69) is 21.8 Å². The number of nitrogens with zero attached hydrogens (tertiary/aromatic N) is 1. The predicted molar refractivity (Wildman–Crippen MR) is 181 cm³/mol. The van der Waals surface area contributed by atoms with Crippen LogP contribution in [0.5, 0.6) is 5.75 Å². The summed E-state index contributed by atoms with van der Waals surface area (Å²) in [4.78, 5) is 15.8. The molecule has 4 aliphatic rings. The zero-order chi connectivity index (χ0) is 33.1. The van der Waals surface area contributed by atoms with Gasteiger partial charge in [-0.2, -0.15) is 0 Å². The Labute approximate surface area is 278 Å². The van der Waals surface area contributed by atoms with Crippen LogP contribution in [-0.4, -0.2) is 62.7 Å². The molecule has 2 aliphatic carbocycles. The highest BCUT2D eigenvalue weighted by molar-refractivity contribution is 7.90. The lowest BCUT2D eigenvalue weighted by Gasteiger charge is -2.54. The number of aliphatic hydroxyl groups is 1. The number of amides is 1. The monoisotopic (exact) mass is 670 g/mol. The molecule has 2 heterocycles. The number of hydrogen-bond donors (Lipinski definition) is 2. The minimum absolute atomic E-state index is 0.0191. The first kappa shape index (κ1) is 33.3. The van der Waals surface area contributed by atoms with E-state index in [1.807, 2.05) is 25.1 Å². The van der Waals surface area contributed by atoms with E-state index in [0.717, 1.165) is 42.8 Å². The molecule has 2 bridgehead atoms.